The van der Waals surface area contributed by atoms with Crippen molar-refractivity contribution < 1.29 is 37.3 Å². The number of anilines is 1. The first-order valence-electron chi connectivity index (χ1n) is 12.5. The second-order valence-corrected chi connectivity index (χ2v) is 9.07. The quantitative estimate of drug-likeness (QED) is 0.410. The lowest BCUT2D eigenvalue weighted by Crippen LogP contribution is -2.47. The van der Waals surface area contributed by atoms with Crippen LogP contribution in [-0.4, -0.2) is 73.4 Å². The van der Waals surface area contributed by atoms with Crippen LogP contribution in [0.25, 0.3) is 0 Å². The topological polar surface area (TPSA) is 82.5 Å². The lowest BCUT2D eigenvalue weighted by molar-refractivity contribution is -0.143. The van der Waals surface area contributed by atoms with E-state index in [0.717, 1.165) is 17.7 Å². The zero-order chi connectivity index (χ0) is 27.7. The van der Waals surface area contributed by atoms with Crippen molar-refractivity contribution in [3.05, 3.63) is 59.2 Å². The van der Waals surface area contributed by atoms with E-state index >= 15 is 0 Å². The average Bonchev–Trinajstić information content (AvgIpc) is 2.88. The standard InChI is InChI=1S/C27H34F3N3O5/c1-3-38-25(34)5-4-12-33(18-20-6-10-23(37-2)11-7-20)24-17-22(27(28,29)30)9-8-21(24)19-31-13-15-32(16-14-31)26(35)36/h6-11,17H,3-5,12-16,18-19H2,1-2H3,(H,35,36). The molecule has 1 heterocycles. The number of hydrogen-bond donors (Lipinski definition) is 1. The van der Waals surface area contributed by atoms with Crippen LogP contribution >= 0.6 is 0 Å². The Bertz CT molecular complexity index is 1070. The highest BCUT2D eigenvalue weighted by Crippen LogP contribution is 2.35. The maximum Gasteiger partial charge on any atom is 0.416 e. The van der Waals surface area contributed by atoms with Gasteiger partial charge in [-0.15, -0.1) is 0 Å². The molecule has 1 saturated heterocycles. The van der Waals surface area contributed by atoms with Gasteiger partial charge >= 0.3 is 18.2 Å². The molecular weight excluding hydrogens is 503 g/mol. The van der Waals surface area contributed by atoms with E-state index in [4.69, 9.17) is 9.47 Å². The number of rotatable bonds is 11. The number of piperazine rings is 1. The minimum atomic E-state index is -4.52. The minimum absolute atomic E-state index is 0.151. The molecule has 0 unspecified atom stereocenters. The number of ether oxygens (including phenoxy) is 2. The normalized spacial score (nSPS) is 14.3. The van der Waals surface area contributed by atoms with Gasteiger partial charge in [0.15, 0.2) is 0 Å². The summed E-state index contributed by atoms with van der Waals surface area (Å²) in [5.74, 6) is 0.320. The number of esters is 1. The number of carbonyl (C=O) groups is 2. The van der Waals surface area contributed by atoms with Crippen molar-refractivity contribution in [3.63, 3.8) is 0 Å². The van der Waals surface area contributed by atoms with Gasteiger partial charge in [-0.05, 0) is 48.7 Å². The largest absolute Gasteiger partial charge is 0.497 e. The number of hydrogen-bond acceptors (Lipinski definition) is 6. The third-order valence-electron chi connectivity index (χ3n) is 6.44. The van der Waals surface area contributed by atoms with Gasteiger partial charge in [0.2, 0.25) is 0 Å². The molecule has 1 aliphatic rings. The Morgan fingerprint density at radius 2 is 1.74 bits per heavy atom. The molecule has 0 aromatic heterocycles. The van der Waals surface area contributed by atoms with Crippen molar-refractivity contribution in [2.24, 2.45) is 0 Å². The summed E-state index contributed by atoms with van der Waals surface area (Å²) >= 11 is 0. The first-order valence-corrected chi connectivity index (χ1v) is 12.5. The number of halogens is 3. The van der Waals surface area contributed by atoms with E-state index in [1.165, 1.54) is 11.0 Å². The molecule has 1 amide bonds. The van der Waals surface area contributed by atoms with Crippen molar-refractivity contribution in [2.75, 3.05) is 51.3 Å². The van der Waals surface area contributed by atoms with E-state index in [1.807, 2.05) is 21.9 Å². The SMILES string of the molecule is CCOC(=O)CCCN(Cc1ccc(OC)cc1)c1cc(C(F)(F)F)ccc1CN1CCN(C(=O)O)CC1. The monoisotopic (exact) mass is 537 g/mol. The molecule has 0 radical (unpaired) electrons. The van der Waals surface area contributed by atoms with E-state index < -0.39 is 17.8 Å². The van der Waals surface area contributed by atoms with Crippen LogP contribution in [0.15, 0.2) is 42.5 Å². The number of benzene rings is 2. The fourth-order valence-corrected chi connectivity index (χ4v) is 4.39. The molecule has 8 nitrogen and oxygen atoms in total. The molecule has 0 spiro atoms. The Hall–Kier alpha value is -3.47. The molecular formula is C27H34F3N3O5. The van der Waals surface area contributed by atoms with Crippen LogP contribution in [-0.2, 0) is 28.8 Å². The van der Waals surface area contributed by atoms with E-state index in [1.54, 1.807) is 26.2 Å². The predicted molar refractivity (Wildman–Crippen MR) is 136 cm³/mol. The van der Waals surface area contributed by atoms with Crippen molar-refractivity contribution in [2.45, 2.75) is 39.0 Å². The van der Waals surface area contributed by atoms with Crippen LogP contribution in [0, 0.1) is 0 Å². The number of amides is 1. The van der Waals surface area contributed by atoms with E-state index in [0.29, 0.717) is 69.2 Å². The summed E-state index contributed by atoms with van der Waals surface area (Å²) in [6, 6.07) is 11.0. The molecule has 0 bridgehead atoms. The Labute approximate surface area is 220 Å². The summed E-state index contributed by atoms with van der Waals surface area (Å²) in [6.07, 6.45) is -4.94. The second kappa shape index (κ2) is 13.4. The predicted octanol–water partition coefficient (Wildman–Crippen LogP) is 4.86. The number of nitrogens with zero attached hydrogens (tertiary/aromatic N) is 3. The molecule has 1 aliphatic heterocycles. The van der Waals surface area contributed by atoms with Gasteiger partial charge in [-0.2, -0.15) is 13.2 Å². The smallest absolute Gasteiger partial charge is 0.416 e. The summed E-state index contributed by atoms with van der Waals surface area (Å²) in [6.45, 7) is 4.65. The molecule has 38 heavy (non-hydrogen) atoms. The van der Waals surface area contributed by atoms with Crippen LogP contribution in [0.5, 0.6) is 5.75 Å². The molecule has 3 rings (SSSR count). The number of methoxy groups -OCH3 is 1. The van der Waals surface area contributed by atoms with Gasteiger partial charge in [-0.25, -0.2) is 4.79 Å². The van der Waals surface area contributed by atoms with Crippen LogP contribution in [0.3, 0.4) is 0 Å². The van der Waals surface area contributed by atoms with Crippen LogP contribution in [0.1, 0.15) is 36.5 Å². The van der Waals surface area contributed by atoms with E-state index in [9.17, 15) is 27.9 Å². The molecule has 2 aromatic carbocycles. The zero-order valence-corrected chi connectivity index (χ0v) is 21.7. The Morgan fingerprint density at radius 3 is 2.32 bits per heavy atom. The first-order chi connectivity index (χ1) is 18.1. The molecule has 0 aliphatic carbocycles. The number of alkyl halides is 3. The Balaban J connectivity index is 1.90. The van der Waals surface area contributed by atoms with Crippen LogP contribution < -0.4 is 9.64 Å². The third-order valence-corrected chi connectivity index (χ3v) is 6.44. The molecule has 11 heteroatoms. The molecule has 0 saturated carbocycles. The summed E-state index contributed by atoms with van der Waals surface area (Å²) < 4.78 is 51.4. The highest BCUT2D eigenvalue weighted by atomic mass is 19.4. The maximum absolute atomic E-state index is 13.7. The van der Waals surface area contributed by atoms with Crippen molar-refractivity contribution in [1.82, 2.24) is 9.80 Å². The molecule has 2 aromatic rings. The van der Waals surface area contributed by atoms with E-state index in [2.05, 4.69) is 0 Å². The lowest BCUT2D eigenvalue weighted by Gasteiger charge is -2.35. The third kappa shape index (κ3) is 8.27. The van der Waals surface area contributed by atoms with Crippen molar-refractivity contribution in [3.8, 4) is 5.75 Å². The van der Waals surface area contributed by atoms with Gasteiger partial charge in [0, 0.05) is 57.9 Å². The number of carbonyl (C=O) groups excluding carboxylic acids is 1. The van der Waals surface area contributed by atoms with E-state index in [-0.39, 0.29) is 19.0 Å². The van der Waals surface area contributed by atoms with Crippen molar-refractivity contribution in [1.29, 1.82) is 0 Å². The van der Waals surface area contributed by atoms with Gasteiger partial charge in [-0.3, -0.25) is 9.69 Å². The van der Waals surface area contributed by atoms with Crippen LogP contribution in [0.4, 0.5) is 23.7 Å². The highest BCUT2D eigenvalue weighted by Gasteiger charge is 2.32. The summed E-state index contributed by atoms with van der Waals surface area (Å²) in [7, 11) is 1.56. The molecule has 1 N–H and O–H groups in total. The highest BCUT2D eigenvalue weighted by molar-refractivity contribution is 5.69. The average molecular weight is 538 g/mol. The summed E-state index contributed by atoms with van der Waals surface area (Å²) in [5, 5.41) is 9.22. The second-order valence-electron chi connectivity index (χ2n) is 9.07. The first kappa shape index (κ1) is 29.1. The Morgan fingerprint density at radius 1 is 1.05 bits per heavy atom. The summed E-state index contributed by atoms with van der Waals surface area (Å²) in [4.78, 5) is 28.4. The summed E-state index contributed by atoms with van der Waals surface area (Å²) in [5.41, 5.74) is 1.25. The number of carboxylic acid groups (broad SMARTS) is 1. The van der Waals surface area contributed by atoms with Gasteiger partial charge in [-0.1, -0.05) is 18.2 Å². The van der Waals surface area contributed by atoms with Gasteiger partial charge in [0.1, 0.15) is 5.75 Å². The maximum atomic E-state index is 13.7. The molecule has 0 atom stereocenters. The van der Waals surface area contributed by atoms with Gasteiger partial charge < -0.3 is 24.4 Å². The van der Waals surface area contributed by atoms with Crippen LogP contribution in [0.2, 0.25) is 0 Å². The fraction of sp³-hybridized carbons (Fsp3) is 0.481. The molecule has 208 valence electrons. The zero-order valence-electron chi connectivity index (χ0n) is 21.7. The fourth-order valence-electron chi connectivity index (χ4n) is 4.39. The molecule has 1 fully saturated rings. The Kier molecular flexibility index (Phi) is 10.2. The van der Waals surface area contributed by atoms with Crippen molar-refractivity contribution >= 4 is 17.7 Å². The lowest BCUT2D eigenvalue weighted by atomic mass is 10.0. The van der Waals surface area contributed by atoms with Gasteiger partial charge in [0.05, 0.1) is 19.3 Å². The minimum Gasteiger partial charge on any atom is -0.497 e. The van der Waals surface area contributed by atoms with Gasteiger partial charge in [0.25, 0.3) is 0 Å².